The van der Waals surface area contributed by atoms with E-state index in [4.69, 9.17) is 23.2 Å². The number of carbonyl (C=O) groups excluding carboxylic acids is 2. The van der Waals surface area contributed by atoms with Crippen molar-refractivity contribution in [2.75, 3.05) is 6.54 Å². The molecule has 6 heteroatoms. The van der Waals surface area contributed by atoms with Gasteiger partial charge in [0.2, 0.25) is 11.8 Å². The van der Waals surface area contributed by atoms with E-state index < -0.39 is 6.10 Å². The number of nitrogens with zero attached hydrogens (tertiary/aromatic N) is 1. The van der Waals surface area contributed by atoms with E-state index in [9.17, 15) is 14.7 Å². The number of allylic oxidation sites excluding steroid dienone is 2. The maximum absolute atomic E-state index is 12.4. The van der Waals surface area contributed by atoms with E-state index in [1.807, 2.05) is 12.2 Å². The Morgan fingerprint density at radius 3 is 2.32 bits per heavy atom. The Kier molecular flexibility index (Phi) is 4.26. The molecule has 4 nitrogen and oxygen atoms in total. The molecule has 1 N–H and O–H groups in total. The van der Waals surface area contributed by atoms with Gasteiger partial charge in [0.15, 0.2) is 0 Å². The van der Waals surface area contributed by atoms with Crippen molar-refractivity contribution >= 4 is 35.0 Å². The number of hydrogen-bond donors (Lipinski definition) is 1. The molecule has 1 aliphatic heterocycles. The minimum Gasteiger partial charge on any atom is -0.386 e. The topological polar surface area (TPSA) is 57.6 Å². The molecule has 0 saturated carbocycles. The highest BCUT2D eigenvalue weighted by Gasteiger charge is 2.47. The van der Waals surface area contributed by atoms with Crippen LogP contribution in [0.5, 0.6) is 0 Å². The highest BCUT2D eigenvalue weighted by Crippen LogP contribution is 2.36. The van der Waals surface area contributed by atoms with E-state index in [0.717, 1.165) is 4.90 Å². The maximum Gasteiger partial charge on any atom is 0.233 e. The molecule has 0 radical (unpaired) electrons. The molecule has 116 valence electrons. The minimum atomic E-state index is -1.05. The number of rotatable bonds is 3. The number of aliphatic hydroxyl groups excluding tert-OH is 1. The van der Waals surface area contributed by atoms with Gasteiger partial charge in [-0.1, -0.05) is 35.4 Å². The van der Waals surface area contributed by atoms with Crippen molar-refractivity contribution < 1.29 is 14.7 Å². The summed E-state index contributed by atoms with van der Waals surface area (Å²) in [6.45, 7) is -0.0925. The van der Waals surface area contributed by atoms with Crippen molar-refractivity contribution in [3.8, 4) is 0 Å². The third kappa shape index (κ3) is 2.67. The quantitative estimate of drug-likeness (QED) is 0.680. The smallest absolute Gasteiger partial charge is 0.233 e. The lowest BCUT2D eigenvalue weighted by atomic mass is 9.85. The lowest BCUT2D eigenvalue weighted by Gasteiger charge is -2.20. The van der Waals surface area contributed by atoms with Gasteiger partial charge in [-0.05, 0) is 31.0 Å². The molecule has 3 unspecified atom stereocenters. The molecule has 2 aliphatic rings. The number of aliphatic hydroxyl groups is 1. The second-order valence-electron chi connectivity index (χ2n) is 5.62. The Hall–Kier alpha value is -1.36. The van der Waals surface area contributed by atoms with Crippen molar-refractivity contribution in [1.82, 2.24) is 4.90 Å². The van der Waals surface area contributed by atoms with Crippen LogP contribution in [0.2, 0.25) is 10.0 Å². The molecule has 22 heavy (non-hydrogen) atoms. The van der Waals surface area contributed by atoms with Crippen molar-refractivity contribution in [2.24, 2.45) is 11.8 Å². The summed E-state index contributed by atoms with van der Waals surface area (Å²) in [7, 11) is 0. The fourth-order valence-electron chi connectivity index (χ4n) is 3.09. The zero-order chi connectivity index (χ0) is 15.9. The Morgan fingerprint density at radius 1 is 1.14 bits per heavy atom. The molecule has 1 saturated heterocycles. The van der Waals surface area contributed by atoms with Crippen LogP contribution in [0.15, 0.2) is 30.4 Å². The Bertz CT molecular complexity index is 633. The summed E-state index contributed by atoms with van der Waals surface area (Å²) in [6.07, 6.45) is 3.98. The Labute approximate surface area is 138 Å². The summed E-state index contributed by atoms with van der Waals surface area (Å²) in [4.78, 5) is 25.9. The fourth-order valence-corrected chi connectivity index (χ4v) is 3.51. The Balaban J connectivity index is 1.79. The second-order valence-corrected chi connectivity index (χ2v) is 6.47. The van der Waals surface area contributed by atoms with Crippen LogP contribution in [0, 0.1) is 11.8 Å². The first-order chi connectivity index (χ1) is 10.5. The van der Waals surface area contributed by atoms with Gasteiger partial charge in [0, 0.05) is 15.6 Å². The average molecular weight is 340 g/mol. The number of fused-ring (bicyclic) bond motifs is 1. The predicted octanol–water partition coefficient (Wildman–Crippen LogP) is 2.98. The van der Waals surface area contributed by atoms with Gasteiger partial charge in [-0.25, -0.2) is 0 Å². The van der Waals surface area contributed by atoms with Crippen molar-refractivity contribution in [2.45, 2.75) is 18.9 Å². The van der Waals surface area contributed by atoms with Crippen LogP contribution in [0.3, 0.4) is 0 Å². The van der Waals surface area contributed by atoms with Gasteiger partial charge in [0.1, 0.15) is 0 Å². The largest absolute Gasteiger partial charge is 0.386 e. The van der Waals surface area contributed by atoms with Gasteiger partial charge in [-0.15, -0.1) is 0 Å². The summed E-state index contributed by atoms with van der Waals surface area (Å²) >= 11 is 12.0. The third-order valence-corrected chi connectivity index (χ3v) is 4.85. The summed E-state index contributed by atoms with van der Waals surface area (Å²) in [5.74, 6) is -1.01. The van der Waals surface area contributed by atoms with Crippen molar-refractivity contribution in [1.29, 1.82) is 0 Å². The lowest BCUT2D eigenvalue weighted by Crippen LogP contribution is -2.35. The van der Waals surface area contributed by atoms with Crippen LogP contribution in [0.25, 0.3) is 0 Å². The molecule has 1 aliphatic carbocycles. The fraction of sp³-hybridized carbons (Fsp3) is 0.375. The summed E-state index contributed by atoms with van der Waals surface area (Å²) in [5.41, 5.74) is 0.419. The summed E-state index contributed by atoms with van der Waals surface area (Å²) in [5, 5.41) is 11.1. The molecule has 2 amide bonds. The molecule has 0 aromatic heterocycles. The molecule has 1 heterocycles. The third-order valence-electron chi connectivity index (χ3n) is 4.27. The maximum atomic E-state index is 12.4. The SMILES string of the molecule is O=C1C2CC=CCC2C(=O)N1CC(O)c1cc(Cl)ccc1Cl. The molecule has 3 atom stereocenters. The first-order valence-electron chi connectivity index (χ1n) is 7.12. The normalized spacial score (nSPS) is 25.5. The van der Waals surface area contributed by atoms with Gasteiger partial charge < -0.3 is 5.11 Å². The number of β-amino-alcohol motifs (C(OH)–C–C–N with tert-alkyl or cyclic N) is 1. The molecule has 1 fully saturated rings. The highest BCUT2D eigenvalue weighted by molar-refractivity contribution is 6.33. The predicted molar refractivity (Wildman–Crippen MR) is 83.5 cm³/mol. The molecule has 1 aromatic carbocycles. The van der Waals surface area contributed by atoms with E-state index in [1.54, 1.807) is 18.2 Å². The first kappa shape index (κ1) is 15.5. The Morgan fingerprint density at radius 2 is 1.73 bits per heavy atom. The minimum absolute atomic E-state index is 0.0925. The van der Waals surface area contributed by atoms with Gasteiger partial charge in [-0.2, -0.15) is 0 Å². The van der Waals surface area contributed by atoms with Crippen LogP contribution in [0.1, 0.15) is 24.5 Å². The van der Waals surface area contributed by atoms with Crippen molar-refractivity contribution in [3.05, 3.63) is 46.0 Å². The van der Waals surface area contributed by atoms with Crippen LogP contribution < -0.4 is 0 Å². The van der Waals surface area contributed by atoms with E-state index in [-0.39, 0.29) is 30.2 Å². The lowest BCUT2D eigenvalue weighted by molar-refractivity contribution is -0.141. The van der Waals surface area contributed by atoms with Crippen LogP contribution in [-0.2, 0) is 9.59 Å². The molecule has 0 spiro atoms. The number of benzene rings is 1. The van der Waals surface area contributed by atoms with E-state index in [0.29, 0.717) is 28.5 Å². The zero-order valence-corrected chi connectivity index (χ0v) is 13.2. The van der Waals surface area contributed by atoms with Crippen LogP contribution in [-0.4, -0.2) is 28.4 Å². The molecule has 0 bridgehead atoms. The van der Waals surface area contributed by atoms with Gasteiger partial charge in [0.25, 0.3) is 0 Å². The van der Waals surface area contributed by atoms with Crippen LogP contribution >= 0.6 is 23.2 Å². The standard InChI is InChI=1S/C16H15Cl2NO3/c17-9-5-6-13(18)12(7-9)14(20)8-19-15(21)10-3-1-2-4-11(10)16(19)22/h1-2,5-7,10-11,14,20H,3-4,8H2. The van der Waals surface area contributed by atoms with Gasteiger partial charge >= 0.3 is 0 Å². The number of amides is 2. The number of likely N-dealkylation sites (tertiary alicyclic amines) is 1. The molecular weight excluding hydrogens is 325 g/mol. The zero-order valence-electron chi connectivity index (χ0n) is 11.7. The van der Waals surface area contributed by atoms with Gasteiger partial charge in [0.05, 0.1) is 24.5 Å². The van der Waals surface area contributed by atoms with E-state index in [1.165, 1.54) is 0 Å². The average Bonchev–Trinajstić information content (AvgIpc) is 2.75. The summed E-state index contributed by atoms with van der Waals surface area (Å²) < 4.78 is 0. The van der Waals surface area contributed by atoms with E-state index >= 15 is 0 Å². The molecule has 1 aromatic rings. The number of hydrogen-bond acceptors (Lipinski definition) is 3. The molecular formula is C16H15Cl2NO3. The second kappa shape index (κ2) is 6.03. The monoisotopic (exact) mass is 339 g/mol. The van der Waals surface area contributed by atoms with E-state index in [2.05, 4.69) is 0 Å². The number of carbonyl (C=O) groups is 2. The highest BCUT2D eigenvalue weighted by atomic mass is 35.5. The first-order valence-corrected chi connectivity index (χ1v) is 7.88. The van der Waals surface area contributed by atoms with Crippen LogP contribution in [0.4, 0.5) is 0 Å². The van der Waals surface area contributed by atoms with Crippen molar-refractivity contribution in [3.63, 3.8) is 0 Å². The van der Waals surface area contributed by atoms with Gasteiger partial charge in [-0.3, -0.25) is 14.5 Å². The summed E-state index contributed by atoms with van der Waals surface area (Å²) in [6, 6.07) is 4.75. The molecule has 3 rings (SSSR count). The number of imide groups is 1. The number of halogens is 2.